The molecular formula is C21H25N5. The number of nitrogens with zero attached hydrogens (tertiary/aromatic N) is 2. The van der Waals surface area contributed by atoms with Gasteiger partial charge in [0.25, 0.3) is 0 Å². The molecule has 0 aliphatic carbocycles. The Morgan fingerprint density at radius 1 is 1.19 bits per heavy atom. The fraction of sp³-hybridized carbons (Fsp3) is 0.286. The van der Waals surface area contributed by atoms with E-state index in [1.165, 1.54) is 16.8 Å². The first-order valence-corrected chi connectivity index (χ1v) is 9.16. The molecule has 0 saturated carbocycles. The van der Waals surface area contributed by atoms with Crippen LogP contribution in [0.2, 0.25) is 0 Å². The minimum atomic E-state index is 0.603. The molecule has 4 N–H and O–H groups in total. The molecule has 0 spiro atoms. The standard InChI is InChI=1S/C21H25N5/c1-15-6-7-19-17(12-15)20(23-9-8-22)13-21(25-19)26-11-10-24-18-5-3-2-4-16(18)14-26/h2-7,12-13,24H,8-11,14,22H2,1H3,(H,23,25). The first-order chi connectivity index (χ1) is 12.7. The van der Waals surface area contributed by atoms with E-state index in [1.54, 1.807) is 0 Å². The second-order valence-corrected chi connectivity index (χ2v) is 6.77. The highest BCUT2D eigenvalue weighted by Gasteiger charge is 2.17. The van der Waals surface area contributed by atoms with Crippen LogP contribution < -0.4 is 21.3 Å². The zero-order chi connectivity index (χ0) is 17.9. The van der Waals surface area contributed by atoms with Crippen molar-refractivity contribution >= 4 is 28.1 Å². The monoisotopic (exact) mass is 347 g/mol. The lowest BCUT2D eigenvalue weighted by molar-refractivity contribution is 0.814. The van der Waals surface area contributed by atoms with Crippen molar-refractivity contribution in [2.45, 2.75) is 13.5 Å². The van der Waals surface area contributed by atoms with Crippen LogP contribution in [0.1, 0.15) is 11.1 Å². The van der Waals surface area contributed by atoms with Gasteiger partial charge in [0, 0.05) is 55.6 Å². The van der Waals surface area contributed by atoms with Crippen molar-refractivity contribution in [2.75, 3.05) is 41.7 Å². The molecule has 0 saturated heterocycles. The third kappa shape index (κ3) is 3.30. The molecule has 1 aliphatic heterocycles. The van der Waals surface area contributed by atoms with Crippen molar-refractivity contribution in [3.05, 3.63) is 59.7 Å². The van der Waals surface area contributed by atoms with Crippen molar-refractivity contribution in [1.29, 1.82) is 0 Å². The number of aromatic nitrogens is 1. The van der Waals surface area contributed by atoms with Gasteiger partial charge in [-0.1, -0.05) is 29.8 Å². The van der Waals surface area contributed by atoms with Gasteiger partial charge >= 0.3 is 0 Å². The van der Waals surface area contributed by atoms with Crippen LogP contribution in [-0.2, 0) is 6.54 Å². The second-order valence-electron chi connectivity index (χ2n) is 6.77. The summed E-state index contributed by atoms with van der Waals surface area (Å²) in [6.07, 6.45) is 0. The summed E-state index contributed by atoms with van der Waals surface area (Å²) >= 11 is 0. The highest BCUT2D eigenvalue weighted by atomic mass is 15.2. The fourth-order valence-electron chi connectivity index (χ4n) is 3.48. The van der Waals surface area contributed by atoms with Gasteiger partial charge in [-0.15, -0.1) is 0 Å². The fourth-order valence-corrected chi connectivity index (χ4v) is 3.48. The van der Waals surface area contributed by atoms with E-state index in [-0.39, 0.29) is 0 Å². The molecule has 26 heavy (non-hydrogen) atoms. The Labute approximate surface area is 154 Å². The molecule has 0 amide bonds. The van der Waals surface area contributed by atoms with E-state index in [2.05, 4.69) is 71.0 Å². The maximum Gasteiger partial charge on any atom is 0.131 e. The second kappa shape index (κ2) is 7.22. The minimum absolute atomic E-state index is 0.603. The number of hydrogen-bond donors (Lipinski definition) is 3. The third-order valence-electron chi connectivity index (χ3n) is 4.81. The van der Waals surface area contributed by atoms with Crippen molar-refractivity contribution in [1.82, 2.24) is 4.98 Å². The van der Waals surface area contributed by atoms with Crippen LogP contribution in [0.3, 0.4) is 0 Å². The number of pyridine rings is 1. The lowest BCUT2D eigenvalue weighted by Gasteiger charge is -2.23. The normalized spacial score (nSPS) is 13.8. The molecular weight excluding hydrogens is 322 g/mol. The highest BCUT2D eigenvalue weighted by Crippen LogP contribution is 2.30. The first kappa shape index (κ1) is 16.7. The molecule has 0 fully saturated rings. The average molecular weight is 347 g/mol. The van der Waals surface area contributed by atoms with E-state index in [0.29, 0.717) is 6.54 Å². The SMILES string of the molecule is Cc1ccc2nc(N3CCNc4ccccc4C3)cc(NCCN)c2c1. The lowest BCUT2D eigenvalue weighted by Crippen LogP contribution is -2.26. The van der Waals surface area contributed by atoms with Gasteiger partial charge in [-0.05, 0) is 30.7 Å². The zero-order valence-corrected chi connectivity index (χ0v) is 15.1. The van der Waals surface area contributed by atoms with Crippen molar-refractivity contribution in [3.63, 3.8) is 0 Å². The minimum Gasteiger partial charge on any atom is -0.383 e. The average Bonchev–Trinajstić information content (AvgIpc) is 2.88. The summed E-state index contributed by atoms with van der Waals surface area (Å²) in [6.45, 7) is 6.12. The predicted octanol–water partition coefficient (Wildman–Crippen LogP) is 3.35. The molecule has 2 heterocycles. The van der Waals surface area contributed by atoms with E-state index in [4.69, 9.17) is 10.7 Å². The number of nitrogens with one attached hydrogen (secondary N) is 2. The van der Waals surface area contributed by atoms with Gasteiger partial charge in [0.05, 0.1) is 5.52 Å². The topological polar surface area (TPSA) is 66.2 Å². The molecule has 5 heteroatoms. The smallest absolute Gasteiger partial charge is 0.131 e. The summed E-state index contributed by atoms with van der Waals surface area (Å²) in [7, 11) is 0. The summed E-state index contributed by atoms with van der Waals surface area (Å²) in [5.74, 6) is 0.999. The van der Waals surface area contributed by atoms with E-state index in [9.17, 15) is 0 Å². The molecule has 2 aromatic carbocycles. The number of fused-ring (bicyclic) bond motifs is 2. The number of rotatable bonds is 4. The van der Waals surface area contributed by atoms with Crippen LogP contribution in [0.5, 0.6) is 0 Å². The number of aryl methyl sites for hydroxylation is 1. The summed E-state index contributed by atoms with van der Waals surface area (Å²) in [6, 6.07) is 17.1. The van der Waals surface area contributed by atoms with Gasteiger partial charge < -0.3 is 21.3 Å². The Bertz CT molecular complexity index is 921. The summed E-state index contributed by atoms with van der Waals surface area (Å²) in [5.41, 5.74) is 11.6. The predicted molar refractivity (Wildman–Crippen MR) is 110 cm³/mol. The maximum absolute atomic E-state index is 5.71. The molecule has 1 aromatic heterocycles. The Morgan fingerprint density at radius 2 is 2.08 bits per heavy atom. The molecule has 3 aromatic rings. The Morgan fingerprint density at radius 3 is 2.96 bits per heavy atom. The molecule has 0 unspecified atom stereocenters. The number of anilines is 3. The zero-order valence-electron chi connectivity index (χ0n) is 15.1. The highest BCUT2D eigenvalue weighted by molar-refractivity contribution is 5.93. The number of para-hydroxylation sites is 1. The number of nitrogens with two attached hydrogens (primary N) is 1. The Hall–Kier alpha value is -2.79. The molecule has 0 bridgehead atoms. The Balaban J connectivity index is 1.75. The van der Waals surface area contributed by atoms with E-state index < -0.39 is 0 Å². The van der Waals surface area contributed by atoms with E-state index >= 15 is 0 Å². The lowest BCUT2D eigenvalue weighted by atomic mass is 10.1. The van der Waals surface area contributed by atoms with Crippen LogP contribution in [0, 0.1) is 6.92 Å². The summed E-state index contributed by atoms with van der Waals surface area (Å²) < 4.78 is 0. The van der Waals surface area contributed by atoms with Gasteiger partial charge in [-0.25, -0.2) is 4.98 Å². The molecule has 134 valence electrons. The van der Waals surface area contributed by atoms with E-state index in [0.717, 1.165) is 48.6 Å². The van der Waals surface area contributed by atoms with Crippen LogP contribution in [0.25, 0.3) is 10.9 Å². The summed E-state index contributed by atoms with van der Waals surface area (Å²) in [4.78, 5) is 7.29. The molecule has 5 nitrogen and oxygen atoms in total. The molecule has 0 radical (unpaired) electrons. The van der Waals surface area contributed by atoms with Crippen molar-refractivity contribution < 1.29 is 0 Å². The van der Waals surface area contributed by atoms with Crippen LogP contribution >= 0.6 is 0 Å². The van der Waals surface area contributed by atoms with Gasteiger partial charge in [0.15, 0.2) is 0 Å². The third-order valence-corrected chi connectivity index (χ3v) is 4.81. The quantitative estimate of drug-likeness (QED) is 0.675. The number of benzene rings is 2. The van der Waals surface area contributed by atoms with Crippen LogP contribution in [0.15, 0.2) is 48.5 Å². The van der Waals surface area contributed by atoms with Gasteiger partial charge in [-0.2, -0.15) is 0 Å². The van der Waals surface area contributed by atoms with Gasteiger partial charge in [-0.3, -0.25) is 0 Å². The van der Waals surface area contributed by atoms with Crippen molar-refractivity contribution in [2.24, 2.45) is 5.73 Å². The first-order valence-electron chi connectivity index (χ1n) is 9.16. The van der Waals surface area contributed by atoms with Crippen molar-refractivity contribution in [3.8, 4) is 0 Å². The largest absolute Gasteiger partial charge is 0.383 e. The van der Waals surface area contributed by atoms with E-state index in [1.807, 2.05) is 0 Å². The molecule has 4 rings (SSSR count). The Kier molecular flexibility index (Phi) is 4.63. The van der Waals surface area contributed by atoms with Crippen LogP contribution in [0.4, 0.5) is 17.2 Å². The molecule has 0 atom stereocenters. The maximum atomic E-state index is 5.71. The van der Waals surface area contributed by atoms with Gasteiger partial charge in [0.2, 0.25) is 0 Å². The number of hydrogen-bond acceptors (Lipinski definition) is 5. The molecule has 1 aliphatic rings. The van der Waals surface area contributed by atoms with Crippen LogP contribution in [-0.4, -0.2) is 31.2 Å². The van der Waals surface area contributed by atoms with Gasteiger partial charge in [0.1, 0.15) is 5.82 Å². The summed E-state index contributed by atoms with van der Waals surface area (Å²) in [5, 5.41) is 8.14.